The van der Waals surface area contributed by atoms with Gasteiger partial charge in [0.1, 0.15) is 6.04 Å². The number of nitrogens with one attached hydrogen (secondary N) is 1. The lowest BCUT2D eigenvalue weighted by Gasteiger charge is -2.10. The first-order chi connectivity index (χ1) is 9.60. The summed E-state index contributed by atoms with van der Waals surface area (Å²) in [6.07, 6.45) is 0.289. The Hall–Kier alpha value is -2.45. The lowest BCUT2D eigenvalue weighted by Crippen LogP contribution is -2.42. The fraction of sp³-hybridized carbons (Fsp3) is 0.250. The van der Waals surface area contributed by atoms with Crippen LogP contribution in [-0.2, 0) is 11.2 Å². The highest BCUT2D eigenvalue weighted by atomic mass is 16.4. The van der Waals surface area contributed by atoms with Crippen LogP contribution in [0.25, 0.3) is 11.4 Å². The van der Waals surface area contributed by atoms with Gasteiger partial charge < -0.3 is 5.11 Å². The molecule has 0 aliphatic rings. The van der Waals surface area contributed by atoms with E-state index in [0.717, 1.165) is 11.1 Å². The second kappa shape index (κ2) is 6.13. The largest absolute Gasteiger partial charge is 0.480 e. The Bertz CT molecular complexity index is 584. The van der Waals surface area contributed by atoms with Crippen molar-refractivity contribution < 1.29 is 9.90 Å². The maximum atomic E-state index is 10.9. The topological polar surface area (TPSA) is 127 Å². The molecule has 8 nitrogen and oxygen atoms in total. The lowest BCUT2D eigenvalue weighted by atomic mass is 10.0. The van der Waals surface area contributed by atoms with Gasteiger partial charge in [-0.2, -0.15) is 0 Å². The van der Waals surface area contributed by atoms with Gasteiger partial charge in [0, 0.05) is 5.56 Å². The Morgan fingerprint density at radius 3 is 2.35 bits per heavy atom. The molecule has 0 spiro atoms. The summed E-state index contributed by atoms with van der Waals surface area (Å²) in [7, 11) is 0. The van der Waals surface area contributed by atoms with E-state index in [1.54, 1.807) is 31.2 Å². The molecule has 20 heavy (non-hydrogen) atoms. The number of aliphatic carboxylic acids is 1. The van der Waals surface area contributed by atoms with E-state index in [4.69, 9.17) is 10.9 Å². The van der Waals surface area contributed by atoms with Crippen LogP contribution in [0.2, 0.25) is 0 Å². The highest BCUT2D eigenvalue weighted by molar-refractivity contribution is 5.73. The first-order valence-electron chi connectivity index (χ1n) is 5.92. The quantitative estimate of drug-likeness (QED) is 0.501. The third-order valence-corrected chi connectivity index (χ3v) is 2.73. The SMILES string of the molecule is Cc1nnc(-c2ccc(C[C@H](NN)C(=O)O)cc2)nn1. The van der Waals surface area contributed by atoms with Gasteiger partial charge in [-0.25, -0.2) is 5.43 Å². The minimum absolute atomic E-state index is 0.289. The maximum Gasteiger partial charge on any atom is 0.322 e. The van der Waals surface area contributed by atoms with E-state index in [0.29, 0.717) is 11.6 Å². The Kier molecular flexibility index (Phi) is 4.28. The fourth-order valence-electron chi connectivity index (χ4n) is 1.64. The molecular formula is C12H14N6O2. The number of carboxylic acids is 1. The van der Waals surface area contributed by atoms with Gasteiger partial charge in [-0.3, -0.25) is 10.6 Å². The first-order valence-corrected chi connectivity index (χ1v) is 5.92. The summed E-state index contributed by atoms with van der Waals surface area (Å²) in [5, 5.41) is 24.5. The Labute approximate surface area is 115 Å². The molecule has 0 saturated heterocycles. The number of hydrogen-bond acceptors (Lipinski definition) is 7. The smallest absolute Gasteiger partial charge is 0.322 e. The van der Waals surface area contributed by atoms with Crippen LogP contribution < -0.4 is 11.3 Å². The number of rotatable bonds is 5. The lowest BCUT2D eigenvalue weighted by molar-refractivity contribution is -0.139. The number of nitrogens with zero attached hydrogens (tertiary/aromatic N) is 4. The van der Waals surface area contributed by atoms with E-state index in [1.807, 2.05) is 0 Å². The van der Waals surface area contributed by atoms with Gasteiger partial charge in [0.05, 0.1) is 0 Å². The number of aryl methyl sites for hydroxylation is 1. The molecule has 2 rings (SSSR count). The van der Waals surface area contributed by atoms with Crippen LogP contribution in [0.5, 0.6) is 0 Å². The van der Waals surface area contributed by atoms with Gasteiger partial charge in [0.15, 0.2) is 5.82 Å². The minimum atomic E-state index is -0.994. The monoisotopic (exact) mass is 274 g/mol. The highest BCUT2D eigenvalue weighted by Crippen LogP contribution is 2.15. The molecule has 1 aromatic heterocycles. The Morgan fingerprint density at radius 2 is 1.85 bits per heavy atom. The van der Waals surface area contributed by atoms with Crippen molar-refractivity contribution in [3.63, 3.8) is 0 Å². The van der Waals surface area contributed by atoms with Crippen LogP contribution in [-0.4, -0.2) is 37.5 Å². The molecular weight excluding hydrogens is 260 g/mol. The third kappa shape index (κ3) is 3.31. The fourth-order valence-corrected chi connectivity index (χ4v) is 1.64. The van der Waals surface area contributed by atoms with Crippen LogP contribution in [0.3, 0.4) is 0 Å². The number of aromatic nitrogens is 4. The van der Waals surface area contributed by atoms with Crippen molar-refractivity contribution in [3.8, 4) is 11.4 Å². The molecule has 0 aliphatic heterocycles. The summed E-state index contributed by atoms with van der Waals surface area (Å²) in [6, 6.07) is 6.36. The average molecular weight is 274 g/mol. The van der Waals surface area contributed by atoms with Gasteiger partial charge in [0.2, 0.25) is 5.82 Å². The zero-order valence-corrected chi connectivity index (χ0v) is 10.8. The molecule has 0 amide bonds. The summed E-state index contributed by atoms with van der Waals surface area (Å²) in [4.78, 5) is 10.9. The summed E-state index contributed by atoms with van der Waals surface area (Å²) in [6.45, 7) is 1.71. The van der Waals surface area contributed by atoms with Crippen LogP contribution in [0, 0.1) is 6.92 Å². The maximum absolute atomic E-state index is 10.9. The van der Waals surface area contributed by atoms with Gasteiger partial charge in [-0.15, -0.1) is 20.4 Å². The van der Waals surface area contributed by atoms with Crippen molar-refractivity contribution in [3.05, 3.63) is 35.7 Å². The van der Waals surface area contributed by atoms with Gasteiger partial charge in [-0.05, 0) is 18.9 Å². The first kappa shape index (κ1) is 14.0. The normalized spacial score (nSPS) is 12.1. The second-order valence-electron chi connectivity index (χ2n) is 4.23. The molecule has 104 valence electrons. The van der Waals surface area contributed by atoms with Gasteiger partial charge in [0.25, 0.3) is 0 Å². The van der Waals surface area contributed by atoms with Crippen molar-refractivity contribution >= 4 is 5.97 Å². The number of hydrogen-bond donors (Lipinski definition) is 3. The summed E-state index contributed by atoms with van der Waals surface area (Å²) in [5.74, 6) is 5.12. The molecule has 4 N–H and O–H groups in total. The predicted octanol–water partition coefficient (Wildman–Crippen LogP) is -0.299. The number of carbonyl (C=O) groups is 1. The summed E-state index contributed by atoms with van der Waals surface area (Å²) >= 11 is 0. The zero-order valence-electron chi connectivity index (χ0n) is 10.8. The van der Waals surface area contributed by atoms with Crippen LogP contribution >= 0.6 is 0 Å². The van der Waals surface area contributed by atoms with E-state index in [-0.39, 0.29) is 6.42 Å². The molecule has 0 fully saturated rings. The summed E-state index contributed by atoms with van der Waals surface area (Å²) in [5.41, 5.74) is 3.86. The van der Waals surface area contributed by atoms with Crippen molar-refractivity contribution in [2.24, 2.45) is 5.84 Å². The van der Waals surface area contributed by atoms with E-state index in [2.05, 4.69) is 25.8 Å². The third-order valence-electron chi connectivity index (χ3n) is 2.73. The molecule has 0 radical (unpaired) electrons. The second-order valence-corrected chi connectivity index (χ2v) is 4.23. The van der Waals surface area contributed by atoms with Crippen molar-refractivity contribution in [2.75, 3.05) is 0 Å². The number of hydrazine groups is 1. The molecule has 8 heteroatoms. The number of benzene rings is 1. The minimum Gasteiger partial charge on any atom is -0.480 e. The van der Waals surface area contributed by atoms with E-state index in [1.165, 1.54) is 0 Å². The average Bonchev–Trinajstić information content (AvgIpc) is 2.46. The zero-order chi connectivity index (χ0) is 14.5. The molecule has 0 unspecified atom stereocenters. The molecule has 1 atom stereocenters. The van der Waals surface area contributed by atoms with Crippen molar-refractivity contribution in [1.82, 2.24) is 25.8 Å². The van der Waals surface area contributed by atoms with Gasteiger partial charge in [-0.1, -0.05) is 24.3 Å². The Morgan fingerprint density at radius 1 is 1.25 bits per heavy atom. The molecule has 1 heterocycles. The van der Waals surface area contributed by atoms with Crippen LogP contribution in [0.4, 0.5) is 0 Å². The number of carboxylic acid groups (broad SMARTS) is 1. The van der Waals surface area contributed by atoms with Crippen LogP contribution in [0.1, 0.15) is 11.4 Å². The van der Waals surface area contributed by atoms with E-state index in [9.17, 15) is 4.79 Å². The van der Waals surface area contributed by atoms with Gasteiger partial charge >= 0.3 is 5.97 Å². The van der Waals surface area contributed by atoms with Crippen molar-refractivity contribution in [2.45, 2.75) is 19.4 Å². The molecule has 2 aromatic rings. The highest BCUT2D eigenvalue weighted by Gasteiger charge is 2.15. The number of nitrogens with two attached hydrogens (primary N) is 1. The predicted molar refractivity (Wildman–Crippen MR) is 70.2 cm³/mol. The van der Waals surface area contributed by atoms with Crippen LogP contribution in [0.15, 0.2) is 24.3 Å². The van der Waals surface area contributed by atoms with E-state index >= 15 is 0 Å². The molecule has 0 aliphatic carbocycles. The van der Waals surface area contributed by atoms with E-state index < -0.39 is 12.0 Å². The molecule has 1 aromatic carbocycles. The van der Waals surface area contributed by atoms with Crippen molar-refractivity contribution in [1.29, 1.82) is 0 Å². The standard InChI is InChI=1S/C12H14N6O2/c1-7-15-17-11(18-16-7)9-4-2-8(3-5-9)6-10(14-13)12(19)20/h2-5,10,14H,6,13H2,1H3,(H,19,20)/t10-/m0/s1. The molecule has 0 bridgehead atoms. The summed E-state index contributed by atoms with van der Waals surface area (Å²) < 4.78 is 0. The Balaban J connectivity index is 2.13. The molecule has 0 saturated carbocycles.